The number of nitro groups is 1. The Morgan fingerprint density at radius 2 is 1.66 bits per heavy atom. The minimum absolute atomic E-state index is 0.139. The van der Waals surface area contributed by atoms with E-state index >= 15 is 0 Å². The third-order valence-electron chi connectivity index (χ3n) is 5.24. The molecule has 2 N–H and O–H groups in total. The van der Waals surface area contributed by atoms with Crippen LogP contribution in [0.3, 0.4) is 0 Å². The number of phenolic OH excluding ortho intramolecular Hbond substituents is 1. The molecule has 4 aromatic rings. The number of hydrogen-bond donors (Lipinski definition) is 2. The summed E-state index contributed by atoms with van der Waals surface area (Å²) in [6, 6.07) is 20.6. The van der Waals surface area contributed by atoms with Crippen LogP contribution in [-0.2, 0) is 4.74 Å². The Hall–Kier alpha value is -4.50. The minimum atomic E-state index is -0.787. The molecule has 8 nitrogen and oxygen atoms in total. The second-order valence-electron chi connectivity index (χ2n) is 7.43. The zero-order valence-electron chi connectivity index (χ0n) is 18.6. The van der Waals surface area contributed by atoms with Gasteiger partial charge in [0.05, 0.1) is 17.1 Å². The van der Waals surface area contributed by atoms with Gasteiger partial charge in [-0.25, -0.2) is 4.79 Å². The number of benzene rings is 3. The second-order valence-corrected chi connectivity index (χ2v) is 8.31. The third-order valence-corrected chi connectivity index (χ3v) is 6.13. The van der Waals surface area contributed by atoms with Gasteiger partial charge in [0.25, 0.3) is 11.6 Å². The Morgan fingerprint density at radius 1 is 1.00 bits per heavy atom. The fraction of sp³-hybridized carbons (Fsp3) is 0.0769. The number of hydrogen-bond acceptors (Lipinski definition) is 7. The molecule has 176 valence electrons. The fourth-order valence-corrected chi connectivity index (χ4v) is 4.48. The summed E-state index contributed by atoms with van der Waals surface area (Å²) in [4.78, 5) is 36.1. The molecule has 9 heteroatoms. The molecule has 35 heavy (non-hydrogen) atoms. The van der Waals surface area contributed by atoms with Gasteiger partial charge in [-0.2, -0.15) is 0 Å². The van der Waals surface area contributed by atoms with Gasteiger partial charge in [-0.15, -0.1) is 11.3 Å². The Morgan fingerprint density at radius 3 is 2.31 bits per heavy atom. The van der Waals surface area contributed by atoms with Gasteiger partial charge in [-0.1, -0.05) is 54.6 Å². The number of carbonyl (C=O) groups excluding carboxylic acids is 2. The fourth-order valence-electron chi connectivity index (χ4n) is 3.53. The van der Waals surface area contributed by atoms with E-state index in [1.165, 1.54) is 0 Å². The topological polar surface area (TPSA) is 119 Å². The van der Waals surface area contributed by atoms with Crippen LogP contribution in [0.15, 0.2) is 78.2 Å². The van der Waals surface area contributed by atoms with Crippen molar-refractivity contribution in [3.8, 4) is 28.0 Å². The van der Waals surface area contributed by atoms with Gasteiger partial charge in [-0.3, -0.25) is 14.9 Å². The lowest BCUT2D eigenvalue weighted by molar-refractivity contribution is -0.384. The summed E-state index contributed by atoms with van der Waals surface area (Å²) >= 11 is 1.12. The van der Waals surface area contributed by atoms with Crippen LogP contribution in [0.1, 0.15) is 27.6 Å². The Bertz CT molecular complexity index is 1400. The van der Waals surface area contributed by atoms with Crippen molar-refractivity contribution in [1.82, 2.24) is 0 Å². The number of non-ortho nitro benzene ring substituents is 1. The van der Waals surface area contributed by atoms with E-state index in [1.54, 1.807) is 12.3 Å². The average Bonchev–Trinajstić information content (AvgIpc) is 3.28. The van der Waals surface area contributed by atoms with E-state index in [4.69, 9.17) is 4.74 Å². The predicted octanol–water partition coefficient (Wildman–Crippen LogP) is 6.12. The van der Waals surface area contributed by atoms with E-state index in [2.05, 4.69) is 5.32 Å². The molecule has 1 aromatic heterocycles. The molecule has 0 bridgehead atoms. The number of amides is 1. The molecule has 0 aliphatic heterocycles. The molecule has 3 aromatic carbocycles. The average molecular weight is 489 g/mol. The first-order valence-corrected chi connectivity index (χ1v) is 11.5. The lowest BCUT2D eigenvalue weighted by Crippen LogP contribution is -2.15. The summed E-state index contributed by atoms with van der Waals surface area (Å²) in [5, 5.41) is 25.7. The molecule has 0 aliphatic carbocycles. The Labute approximate surface area is 204 Å². The maximum Gasteiger partial charge on any atom is 0.341 e. The van der Waals surface area contributed by atoms with E-state index in [9.17, 15) is 24.8 Å². The van der Waals surface area contributed by atoms with Crippen molar-refractivity contribution < 1.29 is 24.4 Å². The van der Waals surface area contributed by atoms with Crippen LogP contribution < -0.4 is 5.32 Å². The summed E-state index contributed by atoms with van der Waals surface area (Å²) in [6.45, 7) is 1.82. The minimum Gasteiger partial charge on any atom is -0.507 e. The first kappa shape index (κ1) is 23.7. The van der Waals surface area contributed by atoms with E-state index in [-0.39, 0.29) is 28.4 Å². The summed E-state index contributed by atoms with van der Waals surface area (Å²) < 4.78 is 5.22. The number of nitrogens with one attached hydrogen (secondary N) is 1. The summed E-state index contributed by atoms with van der Waals surface area (Å²) in [7, 11) is 0. The van der Waals surface area contributed by atoms with Gasteiger partial charge < -0.3 is 15.2 Å². The van der Waals surface area contributed by atoms with Crippen molar-refractivity contribution in [3.63, 3.8) is 0 Å². The maximum atomic E-state index is 12.9. The van der Waals surface area contributed by atoms with Crippen molar-refractivity contribution in [1.29, 1.82) is 0 Å². The van der Waals surface area contributed by atoms with E-state index in [1.807, 2.05) is 54.6 Å². The molecule has 0 fully saturated rings. The maximum absolute atomic E-state index is 12.9. The predicted molar refractivity (Wildman–Crippen MR) is 134 cm³/mol. The number of aromatic hydroxyl groups is 1. The van der Waals surface area contributed by atoms with Crippen molar-refractivity contribution in [3.05, 3.63) is 99.4 Å². The van der Waals surface area contributed by atoms with Crippen molar-refractivity contribution >= 4 is 33.9 Å². The number of phenols is 1. The van der Waals surface area contributed by atoms with E-state index in [0.717, 1.165) is 46.2 Å². The van der Waals surface area contributed by atoms with Gasteiger partial charge in [0.1, 0.15) is 16.3 Å². The van der Waals surface area contributed by atoms with Crippen LogP contribution in [0.5, 0.6) is 5.75 Å². The van der Waals surface area contributed by atoms with Gasteiger partial charge in [0.15, 0.2) is 0 Å². The number of nitrogens with zero attached hydrogens (tertiary/aromatic N) is 1. The number of carbonyl (C=O) groups is 2. The van der Waals surface area contributed by atoms with E-state index in [0.29, 0.717) is 5.56 Å². The third kappa shape index (κ3) is 5.04. The molecule has 0 saturated heterocycles. The molecule has 0 spiro atoms. The lowest BCUT2D eigenvalue weighted by Gasteiger charge is -2.10. The summed E-state index contributed by atoms with van der Waals surface area (Å²) in [5.74, 6) is -1.82. The monoisotopic (exact) mass is 488 g/mol. The van der Waals surface area contributed by atoms with Crippen molar-refractivity contribution in [2.24, 2.45) is 0 Å². The van der Waals surface area contributed by atoms with Gasteiger partial charge in [-0.05, 0) is 29.7 Å². The van der Waals surface area contributed by atoms with E-state index < -0.39 is 22.5 Å². The van der Waals surface area contributed by atoms with Crippen LogP contribution in [0.4, 0.5) is 10.7 Å². The van der Waals surface area contributed by atoms with Gasteiger partial charge in [0.2, 0.25) is 0 Å². The quantitative estimate of drug-likeness (QED) is 0.184. The van der Waals surface area contributed by atoms with Crippen molar-refractivity contribution in [2.75, 3.05) is 11.9 Å². The molecule has 0 radical (unpaired) electrons. The highest BCUT2D eigenvalue weighted by atomic mass is 32.1. The number of ether oxygens (including phenoxy) is 1. The number of thiophene rings is 1. The zero-order valence-corrected chi connectivity index (χ0v) is 19.4. The molecular weight excluding hydrogens is 468 g/mol. The van der Waals surface area contributed by atoms with Gasteiger partial charge in [0, 0.05) is 23.1 Å². The highest BCUT2D eigenvalue weighted by Crippen LogP contribution is 2.37. The SMILES string of the molecule is CCOC(=O)c1c(-c2ccc(-c3ccccc3)cc2)csc1NC(=O)c1cc([N+](=O)[O-])ccc1O. The highest BCUT2D eigenvalue weighted by Gasteiger charge is 2.25. The number of rotatable bonds is 7. The zero-order chi connectivity index (χ0) is 24.9. The van der Waals surface area contributed by atoms with Crippen molar-refractivity contribution in [2.45, 2.75) is 6.92 Å². The molecule has 4 rings (SSSR count). The first-order chi connectivity index (χ1) is 16.9. The van der Waals surface area contributed by atoms with Crippen LogP contribution in [0, 0.1) is 10.1 Å². The largest absolute Gasteiger partial charge is 0.507 e. The normalized spacial score (nSPS) is 10.5. The highest BCUT2D eigenvalue weighted by molar-refractivity contribution is 7.15. The second kappa shape index (κ2) is 10.2. The van der Waals surface area contributed by atoms with Crippen LogP contribution in [-0.4, -0.2) is 28.5 Å². The Kier molecular flexibility index (Phi) is 6.88. The molecule has 0 aliphatic rings. The van der Waals surface area contributed by atoms with Crippen LogP contribution in [0.2, 0.25) is 0 Å². The van der Waals surface area contributed by atoms with Gasteiger partial charge >= 0.3 is 5.97 Å². The molecule has 1 heterocycles. The smallest absolute Gasteiger partial charge is 0.341 e. The molecular formula is C26H20N2O6S. The molecule has 0 saturated carbocycles. The van der Waals surface area contributed by atoms with Crippen LogP contribution >= 0.6 is 11.3 Å². The standard InChI is InChI=1S/C26H20N2O6S/c1-2-34-26(31)23-21(18-10-8-17(9-11-18)16-6-4-3-5-7-16)15-35-25(23)27-24(30)20-14-19(28(32)33)12-13-22(20)29/h3-15,29H,2H2,1H3,(H,27,30). The first-order valence-electron chi connectivity index (χ1n) is 10.6. The number of anilines is 1. The van der Waals surface area contributed by atoms with Crippen LogP contribution in [0.25, 0.3) is 22.3 Å². The molecule has 1 amide bonds. The molecule has 0 atom stereocenters. The molecule has 0 unspecified atom stereocenters. The Balaban J connectivity index is 1.69. The number of nitro benzene ring substituents is 1. The summed E-state index contributed by atoms with van der Waals surface area (Å²) in [5.41, 5.74) is 2.94. The lowest BCUT2D eigenvalue weighted by atomic mass is 9.99. The number of esters is 1. The summed E-state index contributed by atoms with van der Waals surface area (Å²) in [6.07, 6.45) is 0.